The van der Waals surface area contributed by atoms with Gasteiger partial charge < -0.3 is 15.0 Å². The van der Waals surface area contributed by atoms with Gasteiger partial charge in [0.2, 0.25) is 0 Å². The maximum Gasteiger partial charge on any atom is 0.329 e. The summed E-state index contributed by atoms with van der Waals surface area (Å²) in [6.45, 7) is 0.384. The number of carbonyl (C=O) groups excluding carboxylic acids is 2. The first kappa shape index (κ1) is 15.1. The Morgan fingerprint density at radius 1 is 1.04 bits per heavy atom. The average Bonchev–Trinajstić information content (AvgIpc) is 2.60. The molecular formula is C18H18N2O3. The number of rotatable bonds is 2. The molecule has 118 valence electrons. The highest BCUT2D eigenvalue weighted by molar-refractivity contribution is 5.93. The number of carbonyl (C=O) groups is 2. The predicted molar refractivity (Wildman–Crippen MR) is 87.0 cm³/mol. The summed E-state index contributed by atoms with van der Waals surface area (Å²) in [5, 5.41) is 2.83. The first-order chi connectivity index (χ1) is 11.2. The van der Waals surface area contributed by atoms with Gasteiger partial charge in [0, 0.05) is 18.7 Å². The summed E-state index contributed by atoms with van der Waals surface area (Å²) >= 11 is 0. The normalized spacial score (nSPS) is 16.4. The van der Waals surface area contributed by atoms with Crippen molar-refractivity contribution in [3.63, 3.8) is 0 Å². The summed E-state index contributed by atoms with van der Waals surface area (Å²) in [6.07, 6.45) is 0.463. The van der Waals surface area contributed by atoms with Crippen LogP contribution in [0, 0.1) is 0 Å². The number of urea groups is 1. The lowest BCUT2D eigenvalue weighted by Crippen LogP contribution is -2.50. The number of nitrogens with zero attached hydrogens (tertiary/aromatic N) is 1. The molecule has 0 radical (unpaired) electrons. The molecule has 0 aromatic heterocycles. The minimum absolute atomic E-state index is 0.305. The SMILES string of the molecule is COC(=O)[C@@H]1Cc2ccccc2CN1C(=O)Nc1ccccc1. The van der Waals surface area contributed by atoms with Crippen LogP contribution in [0.3, 0.4) is 0 Å². The van der Waals surface area contributed by atoms with E-state index in [1.807, 2.05) is 54.6 Å². The number of nitrogens with one attached hydrogen (secondary N) is 1. The lowest BCUT2D eigenvalue weighted by Gasteiger charge is -2.35. The highest BCUT2D eigenvalue weighted by Crippen LogP contribution is 2.24. The van der Waals surface area contributed by atoms with Crippen LogP contribution in [0.25, 0.3) is 0 Å². The van der Waals surface area contributed by atoms with Crippen LogP contribution < -0.4 is 5.32 Å². The molecular weight excluding hydrogens is 292 g/mol. The van der Waals surface area contributed by atoms with Crippen molar-refractivity contribution in [3.8, 4) is 0 Å². The van der Waals surface area contributed by atoms with Crippen LogP contribution >= 0.6 is 0 Å². The fourth-order valence-corrected chi connectivity index (χ4v) is 2.80. The van der Waals surface area contributed by atoms with Crippen molar-refractivity contribution in [2.45, 2.75) is 19.0 Å². The van der Waals surface area contributed by atoms with Crippen LogP contribution in [0.1, 0.15) is 11.1 Å². The lowest BCUT2D eigenvalue weighted by molar-refractivity contribution is -0.146. The van der Waals surface area contributed by atoms with Gasteiger partial charge in [0.15, 0.2) is 0 Å². The van der Waals surface area contributed by atoms with E-state index in [0.717, 1.165) is 11.1 Å². The monoisotopic (exact) mass is 310 g/mol. The van der Waals surface area contributed by atoms with Crippen LogP contribution in [0.2, 0.25) is 0 Å². The number of benzene rings is 2. The zero-order chi connectivity index (χ0) is 16.2. The molecule has 23 heavy (non-hydrogen) atoms. The first-order valence-corrected chi connectivity index (χ1v) is 7.46. The summed E-state index contributed by atoms with van der Waals surface area (Å²) in [7, 11) is 1.34. The molecule has 2 amide bonds. The molecule has 2 aromatic carbocycles. The molecule has 1 N–H and O–H groups in total. The number of methoxy groups -OCH3 is 1. The smallest absolute Gasteiger partial charge is 0.329 e. The molecule has 5 nitrogen and oxygen atoms in total. The minimum Gasteiger partial charge on any atom is -0.467 e. The summed E-state index contributed by atoms with van der Waals surface area (Å²) in [5.41, 5.74) is 2.82. The van der Waals surface area contributed by atoms with Crippen molar-refractivity contribution in [2.75, 3.05) is 12.4 Å². The van der Waals surface area contributed by atoms with E-state index >= 15 is 0 Å². The van der Waals surface area contributed by atoms with E-state index in [9.17, 15) is 9.59 Å². The molecule has 1 aliphatic rings. The van der Waals surface area contributed by atoms with E-state index in [4.69, 9.17) is 4.74 Å². The summed E-state index contributed by atoms with van der Waals surface area (Å²) < 4.78 is 4.87. The quantitative estimate of drug-likeness (QED) is 0.868. The Kier molecular flexibility index (Phi) is 4.28. The molecule has 1 atom stereocenters. The van der Waals surface area contributed by atoms with E-state index < -0.39 is 12.0 Å². The van der Waals surface area contributed by atoms with E-state index in [0.29, 0.717) is 18.7 Å². The van der Waals surface area contributed by atoms with Gasteiger partial charge in [-0.25, -0.2) is 9.59 Å². The second-order valence-corrected chi connectivity index (χ2v) is 5.44. The van der Waals surface area contributed by atoms with Crippen LogP contribution in [0.5, 0.6) is 0 Å². The fourth-order valence-electron chi connectivity index (χ4n) is 2.80. The van der Waals surface area contributed by atoms with Crippen molar-refractivity contribution >= 4 is 17.7 Å². The molecule has 0 saturated heterocycles. The Hall–Kier alpha value is -2.82. The van der Waals surface area contributed by atoms with E-state index in [-0.39, 0.29) is 6.03 Å². The third-order valence-electron chi connectivity index (χ3n) is 4.01. The molecule has 0 saturated carbocycles. The maximum absolute atomic E-state index is 12.6. The molecule has 0 bridgehead atoms. The number of anilines is 1. The van der Waals surface area contributed by atoms with Crippen molar-refractivity contribution < 1.29 is 14.3 Å². The molecule has 0 aliphatic carbocycles. The van der Waals surface area contributed by atoms with E-state index in [1.165, 1.54) is 12.0 Å². The van der Waals surface area contributed by atoms with Gasteiger partial charge in [-0.05, 0) is 23.3 Å². The molecule has 0 unspecified atom stereocenters. The standard InChI is InChI=1S/C18H18N2O3/c1-23-17(21)16-11-13-7-5-6-8-14(13)12-20(16)18(22)19-15-9-3-2-4-10-15/h2-10,16H,11-12H2,1H3,(H,19,22)/t16-/m0/s1. The third-order valence-corrected chi connectivity index (χ3v) is 4.01. The number of fused-ring (bicyclic) bond motifs is 1. The fraction of sp³-hybridized carbons (Fsp3) is 0.222. The molecule has 1 aliphatic heterocycles. The topological polar surface area (TPSA) is 58.6 Å². The Bertz CT molecular complexity index is 715. The zero-order valence-electron chi connectivity index (χ0n) is 12.9. The van der Waals surface area contributed by atoms with Crippen LogP contribution in [0.4, 0.5) is 10.5 Å². The summed E-state index contributed by atoms with van der Waals surface area (Å²) in [4.78, 5) is 26.2. The Morgan fingerprint density at radius 2 is 1.70 bits per heavy atom. The maximum atomic E-state index is 12.6. The molecule has 0 fully saturated rings. The van der Waals surface area contributed by atoms with E-state index in [2.05, 4.69) is 5.32 Å². The highest BCUT2D eigenvalue weighted by atomic mass is 16.5. The van der Waals surface area contributed by atoms with Gasteiger partial charge in [0.1, 0.15) is 6.04 Å². The number of ether oxygens (including phenoxy) is 1. The van der Waals surface area contributed by atoms with E-state index in [1.54, 1.807) is 0 Å². The van der Waals surface area contributed by atoms with Gasteiger partial charge in [-0.2, -0.15) is 0 Å². The first-order valence-electron chi connectivity index (χ1n) is 7.46. The van der Waals surface area contributed by atoms with Crippen LogP contribution in [0.15, 0.2) is 54.6 Å². The number of hydrogen-bond donors (Lipinski definition) is 1. The Morgan fingerprint density at radius 3 is 2.39 bits per heavy atom. The largest absolute Gasteiger partial charge is 0.467 e. The van der Waals surface area contributed by atoms with Gasteiger partial charge in [0.05, 0.1) is 7.11 Å². The van der Waals surface area contributed by atoms with Crippen molar-refractivity contribution in [1.29, 1.82) is 0 Å². The zero-order valence-corrected chi connectivity index (χ0v) is 12.9. The third kappa shape index (κ3) is 3.18. The number of hydrogen-bond acceptors (Lipinski definition) is 3. The predicted octanol–water partition coefficient (Wildman–Crippen LogP) is 2.82. The number of amides is 2. The summed E-state index contributed by atoms with van der Waals surface area (Å²) in [6, 6.07) is 16.1. The highest BCUT2D eigenvalue weighted by Gasteiger charge is 2.35. The lowest BCUT2D eigenvalue weighted by atomic mass is 9.94. The van der Waals surface area contributed by atoms with Crippen molar-refractivity contribution in [1.82, 2.24) is 4.90 Å². The average molecular weight is 310 g/mol. The number of esters is 1. The molecule has 3 rings (SSSR count). The Balaban J connectivity index is 1.85. The van der Waals surface area contributed by atoms with Gasteiger partial charge in [0.25, 0.3) is 0 Å². The molecule has 1 heterocycles. The molecule has 2 aromatic rings. The molecule has 5 heteroatoms. The molecule has 0 spiro atoms. The number of para-hydroxylation sites is 1. The van der Waals surface area contributed by atoms with Gasteiger partial charge in [-0.3, -0.25) is 0 Å². The van der Waals surface area contributed by atoms with Gasteiger partial charge in [-0.1, -0.05) is 42.5 Å². The van der Waals surface area contributed by atoms with Gasteiger partial charge in [-0.15, -0.1) is 0 Å². The second kappa shape index (κ2) is 6.52. The Labute approximate surface area is 134 Å². The minimum atomic E-state index is -0.612. The van der Waals surface area contributed by atoms with Crippen molar-refractivity contribution in [2.24, 2.45) is 0 Å². The second-order valence-electron chi connectivity index (χ2n) is 5.44. The van der Waals surface area contributed by atoms with Crippen LogP contribution in [-0.2, 0) is 22.5 Å². The summed E-state index contributed by atoms with van der Waals surface area (Å²) in [5.74, 6) is -0.400. The van der Waals surface area contributed by atoms with Crippen LogP contribution in [-0.4, -0.2) is 30.1 Å². The van der Waals surface area contributed by atoms with Gasteiger partial charge >= 0.3 is 12.0 Å². The van der Waals surface area contributed by atoms with Crippen molar-refractivity contribution in [3.05, 3.63) is 65.7 Å².